The molecule has 0 bridgehead atoms. The molecule has 16 heavy (non-hydrogen) atoms. The third-order valence-electron chi connectivity index (χ3n) is 2.38. The highest BCUT2D eigenvalue weighted by molar-refractivity contribution is 7.92. The normalized spacial score (nSPS) is 21.9. The zero-order chi connectivity index (χ0) is 11.4. The highest BCUT2D eigenvalue weighted by Crippen LogP contribution is 2.12. The summed E-state index contributed by atoms with van der Waals surface area (Å²) in [6.45, 7) is 0.889. The minimum Gasteiger partial charge on any atom is -0.313 e. The van der Waals surface area contributed by atoms with E-state index in [1.165, 1.54) is 0 Å². The molecule has 7 nitrogen and oxygen atoms in total. The molecule has 2 heterocycles. The van der Waals surface area contributed by atoms with Crippen LogP contribution in [0, 0.1) is 0 Å². The van der Waals surface area contributed by atoms with Crippen molar-refractivity contribution in [1.29, 1.82) is 0 Å². The maximum absolute atomic E-state index is 11.7. The van der Waals surface area contributed by atoms with Gasteiger partial charge in [-0.15, -0.1) is 0 Å². The summed E-state index contributed by atoms with van der Waals surface area (Å²) in [5.74, 6) is 0.0760. The van der Waals surface area contributed by atoms with Crippen LogP contribution < -0.4 is 10.0 Å². The smallest absolute Gasteiger partial charge is 0.238 e. The van der Waals surface area contributed by atoms with Crippen LogP contribution in [0.1, 0.15) is 19.3 Å². The van der Waals surface area contributed by atoms with Gasteiger partial charge < -0.3 is 5.32 Å². The highest BCUT2D eigenvalue weighted by atomic mass is 32.2. The highest BCUT2D eigenvalue weighted by Gasteiger charge is 2.21. The van der Waals surface area contributed by atoms with Crippen LogP contribution in [0.15, 0.2) is 0 Å². The molecule has 2 rings (SSSR count). The van der Waals surface area contributed by atoms with Gasteiger partial charge in [0, 0.05) is 17.6 Å². The van der Waals surface area contributed by atoms with E-state index in [0.717, 1.165) is 37.3 Å². The van der Waals surface area contributed by atoms with E-state index in [0.29, 0.717) is 0 Å². The van der Waals surface area contributed by atoms with Crippen molar-refractivity contribution in [2.24, 2.45) is 0 Å². The molecule has 90 valence electrons. The van der Waals surface area contributed by atoms with Gasteiger partial charge in [-0.05, 0) is 24.6 Å². The number of anilines is 1. The first kappa shape index (κ1) is 11.7. The van der Waals surface area contributed by atoms with Crippen LogP contribution in [0.25, 0.3) is 0 Å². The van der Waals surface area contributed by atoms with Crippen LogP contribution in [0.5, 0.6) is 0 Å². The molecule has 1 aliphatic heterocycles. The molecular formula is C7H13N5O2S2. The standard InChI is InChI=1S/C7H13N5O2S2/c13-16(14,10-7-9-11-12-15-7)5-6-3-1-2-4-8-6/h6,8H,1-5H2,(H,9,10,12). The van der Waals surface area contributed by atoms with Gasteiger partial charge >= 0.3 is 0 Å². The Morgan fingerprint density at radius 2 is 2.38 bits per heavy atom. The summed E-state index contributed by atoms with van der Waals surface area (Å²) in [6, 6.07) is 0.0344. The zero-order valence-electron chi connectivity index (χ0n) is 8.59. The lowest BCUT2D eigenvalue weighted by molar-refractivity contribution is 0.424. The SMILES string of the molecule is O=S(=O)(CC1CCCCN1)Nc1nnns1. The Labute approximate surface area is 97.9 Å². The average molecular weight is 263 g/mol. The van der Waals surface area contributed by atoms with Crippen LogP contribution in [0.4, 0.5) is 5.13 Å². The second-order valence-corrected chi connectivity index (χ2v) is 6.20. The molecule has 1 unspecified atom stereocenters. The summed E-state index contributed by atoms with van der Waals surface area (Å²) in [5.41, 5.74) is 0. The van der Waals surface area contributed by atoms with Gasteiger partial charge in [0.15, 0.2) is 0 Å². The van der Waals surface area contributed by atoms with Crippen molar-refractivity contribution in [2.75, 3.05) is 17.0 Å². The number of nitrogens with zero attached hydrogens (tertiary/aromatic N) is 3. The monoisotopic (exact) mass is 263 g/mol. The van der Waals surface area contributed by atoms with Crippen molar-refractivity contribution in [3.63, 3.8) is 0 Å². The Kier molecular flexibility index (Phi) is 3.66. The summed E-state index contributed by atoms with van der Waals surface area (Å²) in [4.78, 5) is 0. The second-order valence-electron chi connectivity index (χ2n) is 3.70. The first-order chi connectivity index (χ1) is 7.66. The van der Waals surface area contributed by atoms with Crippen molar-refractivity contribution >= 4 is 26.7 Å². The fourth-order valence-corrected chi connectivity index (χ4v) is 3.64. The molecule has 1 saturated heterocycles. The van der Waals surface area contributed by atoms with E-state index in [4.69, 9.17) is 0 Å². The lowest BCUT2D eigenvalue weighted by atomic mass is 10.1. The van der Waals surface area contributed by atoms with Gasteiger partial charge in [0.25, 0.3) is 0 Å². The van der Waals surface area contributed by atoms with Crippen LogP contribution in [0.2, 0.25) is 0 Å². The maximum atomic E-state index is 11.7. The fourth-order valence-electron chi connectivity index (χ4n) is 1.68. The van der Waals surface area contributed by atoms with Gasteiger partial charge in [-0.25, -0.2) is 8.42 Å². The van der Waals surface area contributed by atoms with E-state index in [2.05, 4.69) is 24.8 Å². The van der Waals surface area contributed by atoms with Crippen LogP contribution in [-0.2, 0) is 10.0 Å². The number of aromatic nitrogens is 3. The molecule has 0 aliphatic carbocycles. The molecule has 1 aromatic rings. The van der Waals surface area contributed by atoms with E-state index in [1.54, 1.807) is 0 Å². The molecule has 0 saturated carbocycles. The van der Waals surface area contributed by atoms with Crippen molar-refractivity contribution < 1.29 is 8.42 Å². The van der Waals surface area contributed by atoms with Gasteiger partial charge in [-0.3, -0.25) is 4.72 Å². The number of rotatable bonds is 4. The molecule has 0 radical (unpaired) electrons. The topological polar surface area (TPSA) is 96.9 Å². The molecule has 1 aromatic heterocycles. The van der Waals surface area contributed by atoms with Crippen molar-refractivity contribution in [3.8, 4) is 0 Å². The van der Waals surface area contributed by atoms with Gasteiger partial charge in [0.05, 0.1) is 5.75 Å². The number of piperidine rings is 1. The molecule has 1 fully saturated rings. The molecule has 1 aliphatic rings. The van der Waals surface area contributed by atoms with Crippen LogP contribution in [-0.4, -0.2) is 41.6 Å². The molecular weight excluding hydrogens is 250 g/mol. The van der Waals surface area contributed by atoms with E-state index in [9.17, 15) is 8.42 Å². The minimum atomic E-state index is -3.35. The summed E-state index contributed by atoms with van der Waals surface area (Å²) < 4.78 is 29.3. The Balaban J connectivity index is 1.92. The average Bonchev–Trinajstić information content (AvgIpc) is 2.70. The van der Waals surface area contributed by atoms with E-state index < -0.39 is 10.0 Å². The molecule has 0 aromatic carbocycles. The van der Waals surface area contributed by atoms with E-state index in [-0.39, 0.29) is 16.9 Å². The molecule has 2 N–H and O–H groups in total. The lowest BCUT2D eigenvalue weighted by Gasteiger charge is -2.22. The summed E-state index contributed by atoms with van der Waals surface area (Å²) in [6.07, 6.45) is 3.09. The maximum Gasteiger partial charge on any atom is 0.238 e. The van der Waals surface area contributed by atoms with E-state index in [1.807, 2.05) is 0 Å². The molecule has 1 atom stereocenters. The fraction of sp³-hybridized carbons (Fsp3) is 0.857. The van der Waals surface area contributed by atoms with E-state index >= 15 is 0 Å². The van der Waals surface area contributed by atoms with Gasteiger partial charge in [0.1, 0.15) is 0 Å². The quantitative estimate of drug-likeness (QED) is 0.782. The first-order valence-electron chi connectivity index (χ1n) is 5.05. The van der Waals surface area contributed by atoms with Gasteiger partial charge in [-0.1, -0.05) is 16.0 Å². The van der Waals surface area contributed by atoms with Crippen molar-refractivity contribution in [3.05, 3.63) is 0 Å². The number of hydrogen-bond donors (Lipinski definition) is 2. The summed E-state index contributed by atoms with van der Waals surface area (Å²) >= 11 is 0.929. The predicted octanol–water partition coefficient (Wildman–Crippen LogP) is -0.183. The number of nitrogens with one attached hydrogen (secondary N) is 2. The largest absolute Gasteiger partial charge is 0.313 e. The van der Waals surface area contributed by atoms with Gasteiger partial charge in [0.2, 0.25) is 15.2 Å². The second kappa shape index (κ2) is 5.02. The summed E-state index contributed by atoms with van der Waals surface area (Å²) in [5, 5.41) is 10.3. The Bertz CT molecular complexity index is 412. The molecule has 9 heteroatoms. The predicted molar refractivity (Wildman–Crippen MR) is 60.8 cm³/mol. The Morgan fingerprint density at radius 3 is 3.00 bits per heavy atom. The van der Waals surface area contributed by atoms with Crippen LogP contribution >= 0.6 is 11.5 Å². The zero-order valence-corrected chi connectivity index (χ0v) is 10.2. The Morgan fingerprint density at radius 1 is 1.50 bits per heavy atom. The molecule has 0 amide bonds. The van der Waals surface area contributed by atoms with Crippen molar-refractivity contribution in [1.82, 2.24) is 20.1 Å². The lowest BCUT2D eigenvalue weighted by Crippen LogP contribution is -2.40. The van der Waals surface area contributed by atoms with Crippen molar-refractivity contribution in [2.45, 2.75) is 25.3 Å². The van der Waals surface area contributed by atoms with Gasteiger partial charge in [-0.2, -0.15) is 0 Å². The Hall–Kier alpha value is -0.800. The minimum absolute atomic E-state index is 0.0344. The molecule has 0 spiro atoms. The summed E-state index contributed by atoms with van der Waals surface area (Å²) in [7, 11) is -3.35. The first-order valence-corrected chi connectivity index (χ1v) is 7.47. The number of sulfonamides is 1. The third kappa shape index (κ3) is 3.35. The third-order valence-corrected chi connectivity index (χ3v) is 4.36. The number of hydrogen-bond acceptors (Lipinski definition) is 7. The van der Waals surface area contributed by atoms with Crippen LogP contribution in [0.3, 0.4) is 0 Å².